The Morgan fingerprint density at radius 1 is 0.225 bits per heavy atom. The Labute approximate surface area is 200 Å². The molecule has 0 aliphatic heterocycles. The van der Waals surface area contributed by atoms with Crippen LogP contribution in [0.5, 0.6) is 0 Å². The zero-order valence-corrected chi connectivity index (χ0v) is 17.2. The maximum absolute atomic E-state index is 13.5. The van der Waals surface area contributed by atoms with Gasteiger partial charge in [-0.1, -0.05) is 0 Å². The fourth-order valence-electron chi connectivity index (χ4n) is 2.32. The Bertz CT molecular complexity index is 897. The van der Waals surface area contributed by atoms with E-state index in [1.54, 1.807) is 0 Å². The van der Waals surface area contributed by atoms with Crippen LogP contribution in [0, 0.1) is 0 Å². The second-order valence-corrected chi connectivity index (χ2v) is 7.60. The summed E-state index contributed by atoms with van der Waals surface area (Å²) in [6.07, 6.45) is -24.4. The van der Waals surface area contributed by atoms with Crippen molar-refractivity contribution in [1.82, 2.24) is 0 Å². The third kappa shape index (κ3) is 5.39. The number of hydrogen-bond acceptors (Lipinski definition) is 0. The van der Waals surface area contributed by atoms with Crippen molar-refractivity contribution in [2.75, 3.05) is 0 Å². The molecule has 0 spiro atoms. The number of halogens is 26. The molecule has 0 saturated carbocycles. The molecule has 0 rings (SSSR count). The van der Waals surface area contributed by atoms with E-state index >= 15 is 0 Å². The van der Waals surface area contributed by atoms with Gasteiger partial charge in [-0.05, 0) is 0 Å². The molecule has 0 atom stereocenters. The monoisotopic (exact) mass is 666 g/mol. The van der Waals surface area contributed by atoms with Crippen LogP contribution in [0.1, 0.15) is 12.8 Å². The molecular formula is C14H4F26. The molecule has 26 heteroatoms. The van der Waals surface area contributed by atoms with Crippen LogP contribution in [0.25, 0.3) is 0 Å². The minimum absolute atomic E-state index is 4.63. The van der Waals surface area contributed by atoms with E-state index in [0.29, 0.717) is 0 Å². The van der Waals surface area contributed by atoms with Gasteiger partial charge in [0.05, 0.1) is 6.42 Å². The van der Waals surface area contributed by atoms with E-state index in [1.807, 2.05) is 0 Å². The highest BCUT2D eigenvalue weighted by atomic mass is 19.4. The van der Waals surface area contributed by atoms with Crippen LogP contribution in [-0.4, -0.2) is 71.6 Å². The lowest BCUT2D eigenvalue weighted by molar-refractivity contribution is -0.458. The molecule has 0 aromatic rings. The second-order valence-electron chi connectivity index (χ2n) is 7.60. The van der Waals surface area contributed by atoms with Gasteiger partial charge in [-0.3, -0.25) is 0 Å². The molecule has 0 N–H and O–H groups in total. The molecule has 0 nitrogen and oxygen atoms in total. The SMILES string of the molecule is FC(F)(F)CC(F)(F)C(F)(F)C(F)(F)C(F)(F)C(F)(F)C(F)(F)C(F)(F)C(F)(F)CC(F)(F)C(F)(F)C(F)(F)F. The van der Waals surface area contributed by atoms with Gasteiger partial charge in [-0.15, -0.1) is 0 Å². The van der Waals surface area contributed by atoms with Gasteiger partial charge in [0.2, 0.25) is 0 Å². The zero-order chi connectivity index (χ0) is 33.4. The van der Waals surface area contributed by atoms with E-state index in [1.165, 1.54) is 0 Å². The Balaban J connectivity index is 6.97. The first-order chi connectivity index (χ1) is 16.7. The van der Waals surface area contributed by atoms with Gasteiger partial charge < -0.3 is 0 Å². The summed E-state index contributed by atoms with van der Waals surface area (Å²) in [7, 11) is 0. The smallest absolute Gasteiger partial charge is 0.199 e. The van der Waals surface area contributed by atoms with Gasteiger partial charge in [0.1, 0.15) is 6.42 Å². The second kappa shape index (κ2) is 9.34. The van der Waals surface area contributed by atoms with Crippen molar-refractivity contribution in [3.05, 3.63) is 0 Å². The molecule has 0 radical (unpaired) electrons. The van der Waals surface area contributed by atoms with E-state index in [2.05, 4.69) is 0 Å². The topological polar surface area (TPSA) is 0 Å². The fourth-order valence-corrected chi connectivity index (χ4v) is 2.32. The van der Waals surface area contributed by atoms with Gasteiger partial charge in [-0.25, -0.2) is 0 Å². The molecule has 0 amide bonds. The quantitative estimate of drug-likeness (QED) is 0.193. The molecule has 0 aromatic carbocycles. The van der Waals surface area contributed by atoms with Gasteiger partial charge >= 0.3 is 71.6 Å². The normalized spacial score (nSPS) is 16.9. The van der Waals surface area contributed by atoms with Crippen LogP contribution in [0.4, 0.5) is 114 Å². The molecule has 0 heterocycles. The van der Waals surface area contributed by atoms with Crippen LogP contribution in [-0.2, 0) is 0 Å². The lowest BCUT2D eigenvalue weighted by Crippen LogP contribution is -2.75. The van der Waals surface area contributed by atoms with Crippen molar-refractivity contribution < 1.29 is 114 Å². The molecule has 0 aliphatic rings. The van der Waals surface area contributed by atoms with E-state index in [0.717, 1.165) is 0 Å². The van der Waals surface area contributed by atoms with Crippen LogP contribution in [0.3, 0.4) is 0 Å². The first kappa shape index (κ1) is 38.2. The Kier molecular flexibility index (Phi) is 8.92. The van der Waals surface area contributed by atoms with Crippen molar-refractivity contribution in [1.29, 1.82) is 0 Å². The zero-order valence-electron chi connectivity index (χ0n) is 17.2. The molecule has 40 heavy (non-hydrogen) atoms. The van der Waals surface area contributed by atoms with Crippen LogP contribution in [0.15, 0.2) is 0 Å². The average Bonchev–Trinajstić information content (AvgIpc) is 2.62. The van der Waals surface area contributed by atoms with Crippen molar-refractivity contribution in [2.45, 2.75) is 84.4 Å². The van der Waals surface area contributed by atoms with E-state index in [-0.39, 0.29) is 0 Å². The minimum Gasteiger partial charge on any atom is -0.199 e. The van der Waals surface area contributed by atoms with Crippen LogP contribution in [0.2, 0.25) is 0 Å². The van der Waals surface area contributed by atoms with Crippen molar-refractivity contribution in [3.63, 3.8) is 0 Å². The van der Waals surface area contributed by atoms with Crippen LogP contribution >= 0.6 is 0 Å². The standard InChI is InChI=1S/C14H4F26/c15-3(16,1-4(17,18)9(28,29)14(38,39)40)7(24,25)10(30,31)12(34,35)13(36,37)11(32,33)8(26,27)5(19,20)2-6(21,22)23/h1-2H2. The third-order valence-electron chi connectivity index (χ3n) is 4.57. The Morgan fingerprint density at radius 2 is 0.425 bits per heavy atom. The van der Waals surface area contributed by atoms with Gasteiger partial charge in [0.15, 0.2) is 0 Å². The van der Waals surface area contributed by atoms with Gasteiger partial charge in [0, 0.05) is 0 Å². The maximum atomic E-state index is 13.5. The summed E-state index contributed by atoms with van der Waals surface area (Å²) in [5.74, 6) is -86.0. The van der Waals surface area contributed by atoms with Gasteiger partial charge in [0.25, 0.3) is 0 Å². The lowest BCUT2D eigenvalue weighted by Gasteiger charge is -2.44. The van der Waals surface area contributed by atoms with Gasteiger partial charge in [-0.2, -0.15) is 114 Å². The molecule has 0 unspecified atom stereocenters. The first-order valence-electron chi connectivity index (χ1n) is 8.58. The summed E-state index contributed by atoms with van der Waals surface area (Å²) < 4.78 is 336. The Hall–Kier alpha value is -1.82. The lowest BCUT2D eigenvalue weighted by atomic mass is 9.85. The predicted octanol–water partition coefficient (Wildman–Crippen LogP) is 9.24. The van der Waals surface area contributed by atoms with Crippen molar-refractivity contribution >= 4 is 0 Å². The molecule has 0 saturated heterocycles. The summed E-state index contributed by atoms with van der Waals surface area (Å²) >= 11 is 0. The molecule has 0 bridgehead atoms. The average molecular weight is 666 g/mol. The summed E-state index contributed by atoms with van der Waals surface area (Å²) in [5, 5.41) is 0. The molecule has 0 fully saturated rings. The summed E-state index contributed by atoms with van der Waals surface area (Å²) in [6, 6.07) is 0. The van der Waals surface area contributed by atoms with Crippen molar-refractivity contribution in [3.8, 4) is 0 Å². The van der Waals surface area contributed by atoms with E-state index in [9.17, 15) is 114 Å². The molecule has 0 aliphatic carbocycles. The highest BCUT2D eigenvalue weighted by molar-refractivity contribution is 5.16. The van der Waals surface area contributed by atoms with E-state index in [4.69, 9.17) is 0 Å². The minimum atomic E-state index is -9.34. The largest absolute Gasteiger partial charge is 0.459 e. The maximum Gasteiger partial charge on any atom is 0.459 e. The predicted molar refractivity (Wildman–Crippen MR) is 70.8 cm³/mol. The number of hydrogen-bond donors (Lipinski definition) is 0. The third-order valence-corrected chi connectivity index (χ3v) is 4.57. The summed E-state index contributed by atoms with van der Waals surface area (Å²) in [6.45, 7) is 0. The number of rotatable bonds is 11. The van der Waals surface area contributed by atoms with Crippen LogP contribution < -0.4 is 0 Å². The summed E-state index contributed by atoms with van der Waals surface area (Å²) in [5.41, 5.74) is 0. The fraction of sp³-hybridized carbons (Fsp3) is 1.00. The highest BCUT2D eigenvalue weighted by Crippen LogP contribution is 2.65. The molecule has 0 aromatic heterocycles. The first-order valence-corrected chi connectivity index (χ1v) is 8.58. The van der Waals surface area contributed by atoms with Crippen molar-refractivity contribution in [2.24, 2.45) is 0 Å². The Morgan fingerprint density at radius 3 is 0.650 bits per heavy atom. The van der Waals surface area contributed by atoms with E-state index < -0.39 is 84.4 Å². The molecular weight excluding hydrogens is 662 g/mol. The number of alkyl halides is 26. The highest BCUT2D eigenvalue weighted by Gasteiger charge is 2.95. The summed E-state index contributed by atoms with van der Waals surface area (Å²) in [4.78, 5) is 0. The molecule has 242 valence electrons.